The van der Waals surface area contributed by atoms with Gasteiger partial charge in [-0.3, -0.25) is 4.79 Å². The third kappa shape index (κ3) is 2.51. The van der Waals surface area contributed by atoms with Crippen molar-refractivity contribution in [3.63, 3.8) is 0 Å². The largest absolute Gasteiger partial charge is 0.348 e. The van der Waals surface area contributed by atoms with Crippen LogP contribution >= 0.6 is 0 Å². The monoisotopic (exact) mass is 250 g/mol. The fourth-order valence-corrected chi connectivity index (χ4v) is 2.51. The maximum atomic E-state index is 11.6. The quantitative estimate of drug-likeness (QED) is 0.830. The molecule has 0 aromatic heterocycles. The van der Waals surface area contributed by atoms with E-state index in [-0.39, 0.29) is 11.3 Å². The fraction of sp³-hybridized carbons (Fsp3) is 0.667. The summed E-state index contributed by atoms with van der Waals surface area (Å²) in [5.41, 5.74) is 5.69. The molecule has 1 aliphatic carbocycles. The first-order chi connectivity index (χ1) is 8.21. The zero-order chi connectivity index (χ0) is 14.1. The fourth-order valence-electron chi connectivity index (χ4n) is 2.51. The molecule has 0 heterocycles. The predicted molar refractivity (Wildman–Crippen MR) is 76.4 cm³/mol. The molecule has 18 heavy (non-hydrogen) atoms. The third-order valence-corrected chi connectivity index (χ3v) is 4.60. The molecule has 0 saturated heterocycles. The van der Waals surface area contributed by atoms with E-state index in [1.54, 1.807) is 19.0 Å². The average Bonchev–Trinajstić information content (AvgIpc) is 2.46. The standard InChI is InChI=1S/C15H26N2O/c1-10-11(2)13(4)15(5,12(10)3)9-16-8-14(18)17(6)7/h16H,8-9H2,1-7H3. The molecule has 102 valence electrons. The van der Waals surface area contributed by atoms with E-state index >= 15 is 0 Å². The Hall–Kier alpha value is -1.09. The van der Waals surface area contributed by atoms with E-state index in [0.29, 0.717) is 6.54 Å². The zero-order valence-electron chi connectivity index (χ0n) is 12.8. The highest BCUT2D eigenvalue weighted by atomic mass is 16.2. The van der Waals surface area contributed by atoms with E-state index in [0.717, 1.165) is 6.54 Å². The molecule has 1 aliphatic rings. The summed E-state index contributed by atoms with van der Waals surface area (Å²) < 4.78 is 0. The smallest absolute Gasteiger partial charge is 0.236 e. The molecular weight excluding hydrogens is 224 g/mol. The van der Waals surface area contributed by atoms with Crippen LogP contribution in [0.15, 0.2) is 22.3 Å². The lowest BCUT2D eigenvalue weighted by Crippen LogP contribution is -2.39. The van der Waals surface area contributed by atoms with Gasteiger partial charge in [-0.2, -0.15) is 0 Å². The number of allylic oxidation sites excluding steroid dienone is 2. The van der Waals surface area contributed by atoms with Crippen LogP contribution in [0.4, 0.5) is 0 Å². The summed E-state index contributed by atoms with van der Waals surface area (Å²) in [6.45, 7) is 12.2. The molecule has 3 nitrogen and oxygen atoms in total. The summed E-state index contributed by atoms with van der Waals surface area (Å²) in [6, 6.07) is 0. The molecule has 3 heteroatoms. The Morgan fingerprint density at radius 1 is 1.11 bits per heavy atom. The number of hydrogen-bond acceptors (Lipinski definition) is 2. The van der Waals surface area contributed by atoms with Crippen LogP contribution in [-0.2, 0) is 4.79 Å². The maximum Gasteiger partial charge on any atom is 0.236 e. The van der Waals surface area contributed by atoms with Crippen LogP contribution < -0.4 is 5.32 Å². The Labute approximate surface area is 111 Å². The van der Waals surface area contributed by atoms with Crippen molar-refractivity contribution in [2.24, 2.45) is 5.41 Å². The molecule has 1 amide bonds. The van der Waals surface area contributed by atoms with Gasteiger partial charge in [0.25, 0.3) is 0 Å². The highest BCUT2D eigenvalue weighted by molar-refractivity contribution is 5.77. The number of hydrogen-bond donors (Lipinski definition) is 1. The number of amides is 1. The van der Waals surface area contributed by atoms with Crippen LogP contribution in [0.25, 0.3) is 0 Å². The number of carbonyl (C=O) groups excluding carboxylic acids is 1. The molecular formula is C15H26N2O. The average molecular weight is 250 g/mol. The van der Waals surface area contributed by atoms with Gasteiger partial charge in [0.15, 0.2) is 0 Å². The summed E-state index contributed by atoms with van der Waals surface area (Å²) in [7, 11) is 3.57. The first-order valence-corrected chi connectivity index (χ1v) is 6.49. The second-order valence-electron chi connectivity index (χ2n) is 5.72. The first-order valence-electron chi connectivity index (χ1n) is 6.49. The molecule has 0 saturated carbocycles. The summed E-state index contributed by atoms with van der Waals surface area (Å²) in [6.07, 6.45) is 0. The van der Waals surface area contributed by atoms with Crippen LogP contribution in [0.2, 0.25) is 0 Å². The maximum absolute atomic E-state index is 11.6. The lowest BCUT2D eigenvalue weighted by molar-refractivity contribution is -0.127. The normalized spacial score (nSPS) is 18.6. The Morgan fingerprint density at radius 2 is 1.56 bits per heavy atom. The molecule has 0 unspecified atom stereocenters. The van der Waals surface area contributed by atoms with E-state index in [1.807, 2.05) is 0 Å². The lowest BCUT2D eigenvalue weighted by atomic mass is 9.79. The minimum atomic E-state index is 0.0563. The van der Waals surface area contributed by atoms with Crippen molar-refractivity contribution in [1.29, 1.82) is 0 Å². The van der Waals surface area contributed by atoms with E-state index in [4.69, 9.17) is 0 Å². The predicted octanol–water partition coefficient (Wildman–Crippen LogP) is 2.36. The number of rotatable bonds is 4. The summed E-state index contributed by atoms with van der Waals surface area (Å²) in [5.74, 6) is 0.119. The lowest BCUT2D eigenvalue weighted by Gasteiger charge is -2.29. The van der Waals surface area contributed by atoms with Crippen LogP contribution in [-0.4, -0.2) is 38.0 Å². The molecule has 0 bridgehead atoms. The SMILES string of the molecule is CC1=C(C)C(C)(CNCC(=O)N(C)C)C(C)=C1C. The molecule has 0 radical (unpaired) electrons. The Balaban J connectivity index is 2.71. The number of nitrogens with one attached hydrogen (secondary N) is 1. The van der Waals surface area contributed by atoms with Crippen LogP contribution in [0, 0.1) is 5.41 Å². The summed E-state index contributed by atoms with van der Waals surface area (Å²) in [5, 5.41) is 3.29. The minimum absolute atomic E-state index is 0.0563. The molecule has 0 atom stereocenters. The molecule has 0 aliphatic heterocycles. The molecule has 1 N–H and O–H groups in total. The van der Waals surface area contributed by atoms with E-state index < -0.39 is 0 Å². The molecule has 0 aromatic carbocycles. The minimum Gasteiger partial charge on any atom is -0.348 e. The first kappa shape index (κ1) is 15.0. The van der Waals surface area contributed by atoms with Gasteiger partial charge >= 0.3 is 0 Å². The van der Waals surface area contributed by atoms with Gasteiger partial charge in [-0.15, -0.1) is 0 Å². The highest BCUT2D eigenvalue weighted by Gasteiger charge is 2.35. The van der Waals surface area contributed by atoms with Gasteiger partial charge in [0, 0.05) is 26.1 Å². The van der Waals surface area contributed by atoms with E-state index in [2.05, 4.69) is 39.9 Å². The molecule has 0 spiro atoms. The summed E-state index contributed by atoms with van der Waals surface area (Å²) in [4.78, 5) is 13.2. The second-order valence-corrected chi connectivity index (χ2v) is 5.72. The van der Waals surface area contributed by atoms with Gasteiger partial charge in [0.05, 0.1) is 6.54 Å². The zero-order valence-corrected chi connectivity index (χ0v) is 12.8. The number of likely N-dealkylation sites (N-methyl/N-ethyl adjacent to an activating group) is 1. The van der Waals surface area contributed by atoms with Crippen molar-refractivity contribution in [2.75, 3.05) is 27.2 Å². The van der Waals surface area contributed by atoms with Gasteiger partial charge in [0.2, 0.25) is 5.91 Å². The van der Waals surface area contributed by atoms with Crippen LogP contribution in [0.5, 0.6) is 0 Å². The van der Waals surface area contributed by atoms with Crippen molar-refractivity contribution in [3.8, 4) is 0 Å². The number of nitrogens with zero attached hydrogens (tertiary/aromatic N) is 1. The highest BCUT2D eigenvalue weighted by Crippen LogP contribution is 2.45. The third-order valence-electron chi connectivity index (χ3n) is 4.60. The van der Waals surface area contributed by atoms with E-state index in [1.165, 1.54) is 22.3 Å². The number of carbonyl (C=O) groups is 1. The Kier molecular flexibility index (Phi) is 4.38. The van der Waals surface area contributed by atoms with Gasteiger partial charge < -0.3 is 10.2 Å². The van der Waals surface area contributed by atoms with Crippen molar-refractivity contribution in [1.82, 2.24) is 10.2 Å². The van der Waals surface area contributed by atoms with Crippen molar-refractivity contribution < 1.29 is 4.79 Å². The van der Waals surface area contributed by atoms with E-state index in [9.17, 15) is 4.79 Å². The Bertz CT molecular complexity index is 392. The van der Waals surface area contributed by atoms with Gasteiger partial charge in [-0.05, 0) is 38.8 Å². The van der Waals surface area contributed by atoms with Crippen molar-refractivity contribution >= 4 is 5.91 Å². The molecule has 1 rings (SSSR count). The van der Waals surface area contributed by atoms with Gasteiger partial charge in [-0.1, -0.05) is 18.1 Å². The van der Waals surface area contributed by atoms with Gasteiger partial charge in [-0.25, -0.2) is 0 Å². The van der Waals surface area contributed by atoms with Gasteiger partial charge in [0.1, 0.15) is 0 Å². The second kappa shape index (κ2) is 5.27. The molecule has 0 fully saturated rings. The Morgan fingerprint density at radius 3 is 1.94 bits per heavy atom. The van der Waals surface area contributed by atoms with Crippen LogP contribution in [0.1, 0.15) is 34.6 Å². The van der Waals surface area contributed by atoms with Crippen molar-refractivity contribution in [3.05, 3.63) is 22.3 Å². The van der Waals surface area contributed by atoms with Crippen LogP contribution in [0.3, 0.4) is 0 Å². The van der Waals surface area contributed by atoms with Crippen molar-refractivity contribution in [2.45, 2.75) is 34.6 Å². The topological polar surface area (TPSA) is 32.3 Å². The molecule has 0 aromatic rings. The summed E-state index contributed by atoms with van der Waals surface area (Å²) >= 11 is 0.